The Balaban J connectivity index is 1.74. The van der Waals surface area contributed by atoms with Crippen LogP contribution in [-0.2, 0) is 0 Å². The highest BCUT2D eigenvalue weighted by molar-refractivity contribution is 9.10. The van der Waals surface area contributed by atoms with Gasteiger partial charge in [-0.25, -0.2) is 9.67 Å². The molecule has 28 heavy (non-hydrogen) atoms. The van der Waals surface area contributed by atoms with Crippen LogP contribution >= 0.6 is 27.5 Å². The lowest BCUT2D eigenvalue weighted by atomic mass is 10.1. The maximum absolute atomic E-state index is 10.2. The molecule has 1 aliphatic carbocycles. The highest BCUT2D eigenvalue weighted by atomic mass is 79.9. The van der Waals surface area contributed by atoms with Gasteiger partial charge in [-0.05, 0) is 72.8 Å². The van der Waals surface area contributed by atoms with Gasteiger partial charge in [-0.1, -0.05) is 11.6 Å². The van der Waals surface area contributed by atoms with Gasteiger partial charge >= 0.3 is 0 Å². The first-order valence-corrected chi connectivity index (χ1v) is 10.4. The molecule has 0 saturated heterocycles. The monoisotopic (exact) mass is 464 g/mol. The number of anilines is 1. The Bertz CT molecular complexity index is 1030. The molecule has 1 unspecified atom stereocenters. The van der Waals surface area contributed by atoms with E-state index < -0.39 is 5.60 Å². The predicted octanol–water partition coefficient (Wildman–Crippen LogP) is 3.97. The van der Waals surface area contributed by atoms with Gasteiger partial charge in [-0.2, -0.15) is 10.1 Å². The highest BCUT2D eigenvalue weighted by Gasteiger charge is 2.33. The fourth-order valence-electron chi connectivity index (χ4n) is 3.63. The lowest BCUT2D eigenvalue weighted by Gasteiger charge is -2.16. The summed E-state index contributed by atoms with van der Waals surface area (Å²) in [4.78, 5) is 9.10. The van der Waals surface area contributed by atoms with E-state index in [1.165, 1.54) is 0 Å². The quantitative estimate of drug-likeness (QED) is 0.539. The second-order valence-electron chi connectivity index (χ2n) is 7.75. The van der Waals surface area contributed by atoms with Crippen molar-refractivity contribution >= 4 is 44.5 Å². The van der Waals surface area contributed by atoms with E-state index in [-0.39, 0.29) is 12.1 Å². The molecule has 0 amide bonds. The number of nitrogens with zero attached hydrogens (tertiary/aromatic N) is 4. The molecule has 2 aromatic heterocycles. The molecule has 0 spiro atoms. The minimum absolute atomic E-state index is 0.142. The predicted molar refractivity (Wildman–Crippen MR) is 114 cm³/mol. The molecule has 3 aromatic rings. The van der Waals surface area contributed by atoms with Crippen molar-refractivity contribution in [1.29, 1.82) is 0 Å². The molecule has 0 aliphatic heterocycles. The van der Waals surface area contributed by atoms with E-state index in [0.29, 0.717) is 27.6 Å². The molecular weight excluding hydrogens is 444 g/mol. The molecule has 1 fully saturated rings. The van der Waals surface area contributed by atoms with E-state index in [0.717, 1.165) is 29.5 Å². The Hall–Kier alpha value is -1.74. The largest absolute Gasteiger partial charge is 0.390 e. The Labute approximate surface area is 176 Å². The number of nitrogens with one attached hydrogen (secondary N) is 1. The van der Waals surface area contributed by atoms with Crippen molar-refractivity contribution in [2.24, 2.45) is 5.73 Å². The van der Waals surface area contributed by atoms with Crippen molar-refractivity contribution in [1.82, 2.24) is 19.7 Å². The van der Waals surface area contributed by atoms with Crippen LogP contribution in [-0.4, -0.2) is 36.5 Å². The van der Waals surface area contributed by atoms with Crippen LogP contribution in [0.1, 0.15) is 44.7 Å². The van der Waals surface area contributed by atoms with Crippen molar-refractivity contribution in [3.05, 3.63) is 39.6 Å². The molecule has 0 bridgehead atoms. The number of hydrogen-bond donors (Lipinski definition) is 3. The Morgan fingerprint density at radius 3 is 2.89 bits per heavy atom. The Morgan fingerprint density at radius 1 is 1.43 bits per heavy atom. The van der Waals surface area contributed by atoms with Gasteiger partial charge in [0.2, 0.25) is 5.95 Å². The second-order valence-corrected chi connectivity index (χ2v) is 8.93. The molecule has 7 nitrogen and oxygen atoms in total. The third-order valence-corrected chi connectivity index (χ3v) is 5.91. The van der Waals surface area contributed by atoms with E-state index in [1.807, 2.05) is 32.0 Å². The van der Waals surface area contributed by atoms with Crippen molar-refractivity contribution < 1.29 is 5.11 Å². The zero-order chi connectivity index (χ0) is 20.1. The zero-order valence-corrected chi connectivity index (χ0v) is 18.0. The fourth-order valence-corrected chi connectivity index (χ4v) is 4.30. The SMILES string of the molecule is CC(N)c1cc(Cl)cc(-n2nc(Br)c3cnc(N[C@@H]4CC[C@@](C)(O)C4)nc32)c1. The Morgan fingerprint density at radius 2 is 2.21 bits per heavy atom. The number of hydrogen-bond acceptors (Lipinski definition) is 6. The van der Waals surface area contributed by atoms with Crippen LogP contribution in [0.4, 0.5) is 5.95 Å². The highest BCUT2D eigenvalue weighted by Crippen LogP contribution is 2.32. The average Bonchev–Trinajstić information content (AvgIpc) is 3.13. The van der Waals surface area contributed by atoms with Gasteiger partial charge in [0, 0.05) is 23.3 Å². The number of nitrogens with two attached hydrogens (primary N) is 1. The summed E-state index contributed by atoms with van der Waals surface area (Å²) in [5.41, 5.74) is 7.75. The standard InChI is InChI=1S/C19H22BrClN6O/c1-10(22)11-5-12(21)7-14(6-11)27-17-15(16(20)26-27)9-23-18(25-17)24-13-3-4-19(2,28)8-13/h5-7,9-10,13,28H,3-4,8,22H2,1-2H3,(H,23,24,25)/t10?,13-,19-/m1/s1. The summed E-state index contributed by atoms with van der Waals surface area (Å²) >= 11 is 9.78. The topological polar surface area (TPSA) is 102 Å². The van der Waals surface area contributed by atoms with Crippen LogP contribution < -0.4 is 11.1 Å². The number of rotatable bonds is 4. The third-order valence-electron chi connectivity index (χ3n) is 5.11. The lowest BCUT2D eigenvalue weighted by Crippen LogP contribution is -2.24. The molecule has 0 radical (unpaired) electrons. The Kier molecular flexibility index (Phi) is 5.07. The number of halogens is 2. The third kappa shape index (κ3) is 3.87. The van der Waals surface area contributed by atoms with Crippen molar-refractivity contribution in [2.75, 3.05) is 5.32 Å². The number of aliphatic hydroxyl groups is 1. The van der Waals surface area contributed by atoms with Crippen LogP contribution in [0, 0.1) is 0 Å². The summed E-state index contributed by atoms with van der Waals surface area (Å²) in [6.45, 7) is 3.77. The van der Waals surface area contributed by atoms with E-state index in [1.54, 1.807) is 10.9 Å². The average molecular weight is 466 g/mol. The van der Waals surface area contributed by atoms with Gasteiger partial charge < -0.3 is 16.2 Å². The van der Waals surface area contributed by atoms with Gasteiger partial charge in [-0.3, -0.25) is 0 Å². The summed E-state index contributed by atoms with van der Waals surface area (Å²) in [7, 11) is 0. The molecular formula is C19H22BrClN6O. The van der Waals surface area contributed by atoms with Gasteiger partial charge in [0.15, 0.2) is 5.65 Å². The van der Waals surface area contributed by atoms with Crippen molar-refractivity contribution in [3.63, 3.8) is 0 Å². The molecule has 4 rings (SSSR count). The first kappa shape index (κ1) is 19.6. The van der Waals surface area contributed by atoms with Crippen LogP contribution in [0.3, 0.4) is 0 Å². The molecule has 148 valence electrons. The van der Waals surface area contributed by atoms with Crippen molar-refractivity contribution in [2.45, 2.75) is 50.8 Å². The zero-order valence-electron chi connectivity index (χ0n) is 15.7. The van der Waals surface area contributed by atoms with E-state index >= 15 is 0 Å². The summed E-state index contributed by atoms with van der Waals surface area (Å²) in [6, 6.07) is 5.63. The maximum atomic E-state index is 10.2. The summed E-state index contributed by atoms with van der Waals surface area (Å²) in [5.74, 6) is 0.512. The van der Waals surface area contributed by atoms with Crippen LogP contribution in [0.15, 0.2) is 29.0 Å². The molecule has 2 heterocycles. The van der Waals surface area contributed by atoms with Gasteiger partial charge in [-0.15, -0.1) is 0 Å². The number of aromatic nitrogens is 4. The normalized spacial score (nSPS) is 23.3. The lowest BCUT2D eigenvalue weighted by molar-refractivity contribution is 0.0673. The summed E-state index contributed by atoms with van der Waals surface area (Å²) in [6.07, 6.45) is 4.05. The van der Waals surface area contributed by atoms with Gasteiger partial charge in [0.25, 0.3) is 0 Å². The first-order valence-electron chi connectivity index (χ1n) is 9.18. The van der Waals surface area contributed by atoms with E-state index in [4.69, 9.17) is 17.3 Å². The minimum atomic E-state index is -0.636. The number of fused-ring (bicyclic) bond motifs is 1. The molecule has 3 atom stereocenters. The molecule has 1 aliphatic rings. The smallest absolute Gasteiger partial charge is 0.224 e. The molecule has 1 saturated carbocycles. The van der Waals surface area contributed by atoms with Crippen LogP contribution in [0.5, 0.6) is 0 Å². The molecule has 4 N–H and O–H groups in total. The van der Waals surface area contributed by atoms with E-state index in [2.05, 4.69) is 36.3 Å². The minimum Gasteiger partial charge on any atom is -0.390 e. The van der Waals surface area contributed by atoms with E-state index in [9.17, 15) is 5.11 Å². The van der Waals surface area contributed by atoms with Crippen molar-refractivity contribution in [3.8, 4) is 5.69 Å². The van der Waals surface area contributed by atoms with Gasteiger partial charge in [0.1, 0.15) is 4.60 Å². The van der Waals surface area contributed by atoms with Crippen LogP contribution in [0.2, 0.25) is 5.02 Å². The summed E-state index contributed by atoms with van der Waals surface area (Å²) < 4.78 is 2.38. The maximum Gasteiger partial charge on any atom is 0.224 e. The molecule has 9 heteroatoms. The second kappa shape index (κ2) is 7.26. The molecule has 1 aromatic carbocycles. The van der Waals surface area contributed by atoms with Gasteiger partial charge in [0.05, 0.1) is 16.7 Å². The number of benzene rings is 1. The fraction of sp³-hybridized carbons (Fsp3) is 0.421. The van der Waals surface area contributed by atoms with Crippen LogP contribution in [0.25, 0.3) is 16.7 Å². The summed E-state index contributed by atoms with van der Waals surface area (Å²) in [5, 5.41) is 19.5. The first-order chi connectivity index (χ1) is 13.2.